The lowest BCUT2D eigenvalue weighted by Crippen LogP contribution is -2.40. The smallest absolute Gasteiger partial charge is 0.176 e. The van der Waals surface area contributed by atoms with Gasteiger partial charge < -0.3 is 10.2 Å². The van der Waals surface area contributed by atoms with Crippen LogP contribution in [0.25, 0.3) is 0 Å². The molecule has 6 nitrogen and oxygen atoms in total. The van der Waals surface area contributed by atoms with Crippen molar-refractivity contribution < 1.29 is 0 Å². The molecule has 1 aromatic heterocycles. The fourth-order valence-corrected chi connectivity index (χ4v) is 1.62. The first-order chi connectivity index (χ1) is 7.61. The van der Waals surface area contributed by atoms with Gasteiger partial charge in [0.1, 0.15) is 0 Å². The maximum Gasteiger partial charge on any atom is 0.176 e. The second-order valence-electron chi connectivity index (χ2n) is 4.31. The molecular formula is C10H22N6. The van der Waals surface area contributed by atoms with Gasteiger partial charge in [-0.15, -0.1) is 10.2 Å². The number of hydrogen-bond donors (Lipinski definition) is 1. The van der Waals surface area contributed by atoms with Crippen molar-refractivity contribution in [3.05, 3.63) is 5.82 Å². The van der Waals surface area contributed by atoms with Crippen molar-refractivity contribution in [3.8, 4) is 0 Å². The van der Waals surface area contributed by atoms with E-state index >= 15 is 0 Å². The Balaban J connectivity index is 2.48. The average Bonchev–Trinajstić information content (AvgIpc) is 2.59. The standard InChI is InChI=1S/C10H22N6/c1-5-6-11-9(8-15(2)3)7-10-12-14-16(4)13-10/h9,11H,5-8H2,1-4H3. The number of nitrogens with one attached hydrogen (secondary N) is 1. The van der Waals surface area contributed by atoms with E-state index in [1.54, 1.807) is 7.05 Å². The van der Waals surface area contributed by atoms with Crippen LogP contribution in [0.1, 0.15) is 19.2 Å². The Morgan fingerprint density at radius 2 is 2.19 bits per heavy atom. The van der Waals surface area contributed by atoms with Crippen LogP contribution < -0.4 is 5.32 Å². The molecule has 0 spiro atoms. The quantitative estimate of drug-likeness (QED) is 0.690. The van der Waals surface area contributed by atoms with Crippen molar-refractivity contribution in [3.63, 3.8) is 0 Å². The Kier molecular flexibility index (Phi) is 5.34. The molecule has 0 aromatic carbocycles. The highest BCUT2D eigenvalue weighted by molar-refractivity contribution is 4.85. The van der Waals surface area contributed by atoms with Gasteiger partial charge >= 0.3 is 0 Å². The molecular weight excluding hydrogens is 204 g/mol. The second kappa shape index (κ2) is 6.55. The third-order valence-corrected chi connectivity index (χ3v) is 2.25. The molecule has 1 heterocycles. The molecule has 0 radical (unpaired) electrons. The zero-order valence-electron chi connectivity index (χ0n) is 10.6. The first kappa shape index (κ1) is 13.1. The molecule has 0 amide bonds. The van der Waals surface area contributed by atoms with Gasteiger partial charge in [-0.3, -0.25) is 0 Å². The molecule has 0 fully saturated rings. The predicted molar refractivity (Wildman–Crippen MR) is 63.1 cm³/mol. The Labute approximate surface area is 97.0 Å². The lowest BCUT2D eigenvalue weighted by molar-refractivity contribution is 0.333. The van der Waals surface area contributed by atoms with E-state index in [1.165, 1.54) is 4.80 Å². The number of hydrogen-bond acceptors (Lipinski definition) is 5. The highest BCUT2D eigenvalue weighted by Crippen LogP contribution is 1.97. The van der Waals surface area contributed by atoms with Crippen molar-refractivity contribution in [2.75, 3.05) is 27.2 Å². The van der Waals surface area contributed by atoms with Gasteiger partial charge in [-0.25, -0.2) is 0 Å². The van der Waals surface area contributed by atoms with Gasteiger partial charge in [-0.05, 0) is 32.3 Å². The summed E-state index contributed by atoms with van der Waals surface area (Å²) in [6, 6.07) is 0.388. The number of aromatic nitrogens is 4. The molecule has 0 aliphatic carbocycles. The van der Waals surface area contributed by atoms with E-state index in [4.69, 9.17) is 0 Å². The summed E-state index contributed by atoms with van der Waals surface area (Å²) in [5, 5.41) is 15.6. The van der Waals surface area contributed by atoms with Crippen LogP contribution in [-0.4, -0.2) is 58.3 Å². The lowest BCUT2D eigenvalue weighted by Gasteiger charge is -2.20. The molecule has 0 bridgehead atoms. The van der Waals surface area contributed by atoms with Crippen LogP contribution in [-0.2, 0) is 13.5 Å². The minimum atomic E-state index is 0.388. The number of tetrazole rings is 1. The summed E-state index contributed by atoms with van der Waals surface area (Å²) in [6.45, 7) is 4.18. The van der Waals surface area contributed by atoms with Crippen molar-refractivity contribution in [2.45, 2.75) is 25.8 Å². The van der Waals surface area contributed by atoms with Gasteiger partial charge in [0.2, 0.25) is 0 Å². The van der Waals surface area contributed by atoms with E-state index in [0.29, 0.717) is 6.04 Å². The van der Waals surface area contributed by atoms with Gasteiger partial charge in [0.25, 0.3) is 0 Å². The van der Waals surface area contributed by atoms with Crippen LogP contribution in [0.15, 0.2) is 0 Å². The Bertz CT molecular complexity index is 295. The zero-order chi connectivity index (χ0) is 12.0. The molecule has 1 atom stereocenters. The first-order valence-electron chi connectivity index (χ1n) is 5.72. The van der Waals surface area contributed by atoms with E-state index in [9.17, 15) is 0 Å². The lowest BCUT2D eigenvalue weighted by atomic mass is 10.2. The van der Waals surface area contributed by atoms with Gasteiger partial charge in [0.05, 0.1) is 7.05 Å². The van der Waals surface area contributed by atoms with E-state index in [1.807, 2.05) is 0 Å². The molecule has 92 valence electrons. The highest BCUT2D eigenvalue weighted by Gasteiger charge is 2.12. The molecule has 1 rings (SSSR count). The van der Waals surface area contributed by atoms with E-state index in [2.05, 4.69) is 46.6 Å². The molecule has 0 aliphatic rings. The second-order valence-corrected chi connectivity index (χ2v) is 4.31. The SMILES string of the molecule is CCCNC(Cc1nnn(C)n1)CN(C)C. The number of rotatable bonds is 7. The molecule has 16 heavy (non-hydrogen) atoms. The van der Waals surface area contributed by atoms with E-state index in [0.717, 1.165) is 31.8 Å². The highest BCUT2D eigenvalue weighted by atomic mass is 15.6. The van der Waals surface area contributed by atoms with E-state index in [-0.39, 0.29) is 0 Å². The van der Waals surface area contributed by atoms with Crippen molar-refractivity contribution in [2.24, 2.45) is 7.05 Å². The minimum absolute atomic E-state index is 0.388. The van der Waals surface area contributed by atoms with Crippen LogP contribution in [0.3, 0.4) is 0 Å². The predicted octanol–water partition coefficient (Wildman–Crippen LogP) is -0.318. The summed E-state index contributed by atoms with van der Waals surface area (Å²) >= 11 is 0. The van der Waals surface area contributed by atoms with Crippen LogP contribution in [0.5, 0.6) is 0 Å². The molecule has 6 heteroatoms. The zero-order valence-corrected chi connectivity index (χ0v) is 10.6. The van der Waals surface area contributed by atoms with Crippen molar-refractivity contribution in [1.29, 1.82) is 0 Å². The molecule has 1 aromatic rings. The fraction of sp³-hybridized carbons (Fsp3) is 0.900. The van der Waals surface area contributed by atoms with Crippen LogP contribution in [0, 0.1) is 0 Å². The van der Waals surface area contributed by atoms with Gasteiger partial charge in [-0.1, -0.05) is 6.92 Å². The van der Waals surface area contributed by atoms with Gasteiger partial charge in [0, 0.05) is 19.0 Å². The summed E-state index contributed by atoms with van der Waals surface area (Å²) in [6.07, 6.45) is 1.96. The third kappa shape index (κ3) is 4.67. The molecule has 0 saturated carbocycles. The molecule has 0 saturated heterocycles. The maximum absolute atomic E-state index is 4.20. The maximum atomic E-state index is 4.20. The summed E-state index contributed by atoms with van der Waals surface area (Å²) in [7, 11) is 5.94. The topological polar surface area (TPSA) is 58.9 Å². The van der Waals surface area contributed by atoms with Crippen LogP contribution >= 0.6 is 0 Å². The molecule has 1 N–H and O–H groups in total. The molecule has 0 aliphatic heterocycles. The van der Waals surface area contributed by atoms with E-state index < -0.39 is 0 Å². The van der Waals surface area contributed by atoms with Crippen LogP contribution in [0.4, 0.5) is 0 Å². The van der Waals surface area contributed by atoms with Gasteiger partial charge in [0.15, 0.2) is 5.82 Å². The summed E-state index contributed by atoms with van der Waals surface area (Å²) in [5.41, 5.74) is 0. The summed E-state index contributed by atoms with van der Waals surface area (Å²) in [5.74, 6) is 0.804. The average molecular weight is 226 g/mol. The van der Waals surface area contributed by atoms with Crippen molar-refractivity contribution in [1.82, 2.24) is 30.4 Å². The third-order valence-electron chi connectivity index (χ3n) is 2.25. The molecule has 1 unspecified atom stereocenters. The number of nitrogens with zero attached hydrogens (tertiary/aromatic N) is 5. The summed E-state index contributed by atoms with van der Waals surface area (Å²) < 4.78 is 0. The van der Waals surface area contributed by atoms with Gasteiger partial charge in [-0.2, -0.15) is 4.80 Å². The Morgan fingerprint density at radius 3 is 2.69 bits per heavy atom. The summed E-state index contributed by atoms with van der Waals surface area (Å²) in [4.78, 5) is 3.67. The largest absolute Gasteiger partial charge is 0.312 e. The van der Waals surface area contributed by atoms with Crippen molar-refractivity contribution >= 4 is 0 Å². The Hall–Kier alpha value is -1.01. The number of likely N-dealkylation sites (N-methyl/N-ethyl adjacent to an activating group) is 1. The fourth-order valence-electron chi connectivity index (χ4n) is 1.62. The first-order valence-corrected chi connectivity index (χ1v) is 5.72. The number of aryl methyl sites for hydroxylation is 1. The Morgan fingerprint density at radius 1 is 1.44 bits per heavy atom. The normalized spacial score (nSPS) is 13.3. The minimum Gasteiger partial charge on any atom is -0.312 e. The monoisotopic (exact) mass is 226 g/mol. The van der Waals surface area contributed by atoms with Crippen LogP contribution in [0.2, 0.25) is 0 Å².